The quantitative estimate of drug-likeness (QED) is 0.255. The standard InChI is InChI=1S/C32H36N6O6/c1-32(2,3)34-29(39)28(22-11-13-23(14-12-22)31(41)44-6)37(17-16-21-10-15-26(42-4)27(18-21)43-5)30(40)24-8-7-9-25(19-24)38-20-33-35-36-38/h7-15,18-20,28H,16-17H2,1-6H3,(H,34,39). The maximum absolute atomic E-state index is 14.4. The molecule has 1 heterocycles. The second kappa shape index (κ2) is 13.8. The number of tetrazole rings is 1. The lowest BCUT2D eigenvalue weighted by atomic mass is 9.98. The molecule has 0 aliphatic heterocycles. The number of rotatable bonds is 11. The fraction of sp³-hybridized carbons (Fsp3) is 0.312. The van der Waals surface area contributed by atoms with Crippen molar-refractivity contribution in [2.45, 2.75) is 38.8 Å². The number of amides is 2. The molecule has 0 radical (unpaired) electrons. The smallest absolute Gasteiger partial charge is 0.337 e. The maximum atomic E-state index is 14.4. The van der Waals surface area contributed by atoms with Gasteiger partial charge in [-0.1, -0.05) is 24.3 Å². The van der Waals surface area contributed by atoms with Gasteiger partial charge >= 0.3 is 5.97 Å². The number of methoxy groups -OCH3 is 3. The zero-order valence-electron chi connectivity index (χ0n) is 25.6. The largest absolute Gasteiger partial charge is 0.493 e. The molecule has 0 fully saturated rings. The second-order valence-electron chi connectivity index (χ2n) is 11.0. The highest BCUT2D eigenvalue weighted by Crippen LogP contribution is 2.30. The molecule has 0 bridgehead atoms. The summed E-state index contributed by atoms with van der Waals surface area (Å²) in [6.45, 7) is 5.78. The fourth-order valence-corrected chi connectivity index (χ4v) is 4.69. The van der Waals surface area contributed by atoms with E-state index in [1.54, 1.807) is 68.8 Å². The third-order valence-corrected chi connectivity index (χ3v) is 6.76. The molecule has 0 saturated carbocycles. The minimum absolute atomic E-state index is 0.171. The van der Waals surface area contributed by atoms with Gasteiger partial charge in [-0.2, -0.15) is 0 Å². The number of aromatic nitrogens is 4. The summed E-state index contributed by atoms with van der Waals surface area (Å²) in [5, 5.41) is 14.3. The average molecular weight is 601 g/mol. The van der Waals surface area contributed by atoms with Crippen LogP contribution < -0.4 is 14.8 Å². The van der Waals surface area contributed by atoms with Crippen molar-refractivity contribution in [1.29, 1.82) is 0 Å². The summed E-state index contributed by atoms with van der Waals surface area (Å²) in [5.74, 6) is -0.130. The molecule has 0 aliphatic rings. The van der Waals surface area contributed by atoms with E-state index in [9.17, 15) is 14.4 Å². The topological polar surface area (TPSA) is 138 Å². The lowest BCUT2D eigenvalue weighted by molar-refractivity contribution is -0.127. The second-order valence-corrected chi connectivity index (χ2v) is 11.0. The molecule has 12 nitrogen and oxygen atoms in total. The van der Waals surface area contributed by atoms with E-state index < -0.39 is 17.6 Å². The van der Waals surface area contributed by atoms with Crippen LogP contribution in [0.15, 0.2) is 73.1 Å². The van der Waals surface area contributed by atoms with Crippen LogP contribution in [0, 0.1) is 0 Å². The highest BCUT2D eigenvalue weighted by atomic mass is 16.5. The van der Waals surface area contributed by atoms with Crippen molar-refractivity contribution in [2.24, 2.45) is 0 Å². The van der Waals surface area contributed by atoms with Gasteiger partial charge in [-0.15, -0.1) is 5.10 Å². The Morgan fingerprint density at radius 1 is 0.909 bits per heavy atom. The Hall–Kier alpha value is -5.26. The first-order valence-corrected chi connectivity index (χ1v) is 13.9. The van der Waals surface area contributed by atoms with Crippen LogP contribution in [0.5, 0.6) is 11.5 Å². The Balaban J connectivity index is 1.79. The van der Waals surface area contributed by atoms with E-state index in [2.05, 4.69) is 20.8 Å². The molecule has 1 unspecified atom stereocenters. The van der Waals surface area contributed by atoms with E-state index in [4.69, 9.17) is 14.2 Å². The molecule has 1 N–H and O–H groups in total. The van der Waals surface area contributed by atoms with Gasteiger partial charge in [-0.25, -0.2) is 9.48 Å². The molecular formula is C32H36N6O6. The molecule has 12 heteroatoms. The lowest BCUT2D eigenvalue weighted by Gasteiger charge is -2.34. The summed E-state index contributed by atoms with van der Waals surface area (Å²) in [5.41, 5.74) is 2.06. The van der Waals surface area contributed by atoms with E-state index in [1.807, 2.05) is 32.9 Å². The molecule has 4 aromatic rings. The predicted molar refractivity (Wildman–Crippen MR) is 162 cm³/mol. The number of ether oxygens (including phenoxy) is 3. The lowest BCUT2D eigenvalue weighted by Crippen LogP contribution is -2.49. The minimum atomic E-state index is -1.04. The monoisotopic (exact) mass is 600 g/mol. The van der Waals surface area contributed by atoms with Crippen molar-refractivity contribution in [2.75, 3.05) is 27.9 Å². The van der Waals surface area contributed by atoms with Crippen LogP contribution in [0.4, 0.5) is 0 Å². The van der Waals surface area contributed by atoms with E-state index in [0.29, 0.717) is 40.3 Å². The van der Waals surface area contributed by atoms with Gasteiger partial charge in [-0.05, 0) is 91.2 Å². The van der Waals surface area contributed by atoms with E-state index >= 15 is 0 Å². The Labute approximate surface area is 255 Å². The van der Waals surface area contributed by atoms with Crippen LogP contribution in [0.1, 0.15) is 58.7 Å². The molecule has 1 aromatic heterocycles. The van der Waals surface area contributed by atoms with Crippen LogP contribution in [0.3, 0.4) is 0 Å². The number of hydrogen-bond acceptors (Lipinski definition) is 9. The number of benzene rings is 3. The number of carbonyl (C=O) groups excluding carboxylic acids is 3. The summed E-state index contributed by atoms with van der Waals surface area (Å²) in [6, 6.07) is 17.8. The first-order chi connectivity index (χ1) is 21.0. The van der Waals surface area contributed by atoms with Gasteiger partial charge in [-0.3, -0.25) is 9.59 Å². The molecule has 2 amide bonds. The summed E-state index contributed by atoms with van der Waals surface area (Å²) in [7, 11) is 4.42. The van der Waals surface area contributed by atoms with Gasteiger partial charge in [0.05, 0.1) is 32.6 Å². The Morgan fingerprint density at radius 2 is 1.64 bits per heavy atom. The Kier molecular flexibility index (Phi) is 9.94. The van der Waals surface area contributed by atoms with Gasteiger partial charge < -0.3 is 24.4 Å². The fourth-order valence-electron chi connectivity index (χ4n) is 4.69. The maximum Gasteiger partial charge on any atom is 0.337 e. The zero-order chi connectivity index (χ0) is 31.9. The molecule has 44 heavy (non-hydrogen) atoms. The Bertz CT molecular complexity index is 1600. The van der Waals surface area contributed by atoms with Crippen LogP contribution in [-0.4, -0.2) is 76.3 Å². The number of nitrogens with zero attached hydrogens (tertiary/aromatic N) is 5. The van der Waals surface area contributed by atoms with Crippen LogP contribution in [-0.2, 0) is 16.0 Å². The molecule has 4 rings (SSSR count). The molecule has 3 aromatic carbocycles. The van der Waals surface area contributed by atoms with Crippen LogP contribution >= 0.6 is 0 Å². The van der Waals surface area contributed by atoms with Gasteiger partial charge in [0.2, 0.25) is 5.91 Å². The predicted octanol–water partition coefficient (Wildman–Crippen LogP) is 3.81. The average Bonchev–Trinajstić information content (AvgIpc) is 3.57. The molecule has 230 valence electrons. The van der Waals surface area contributed by atoms with Crippen molar-refractivity contribution >= 4 is 17.8 Å². The molecule has 0 spiro atoms. The third kappa shape index (κ3) is 7.57. The van der Waals surface area contributed by atoms with Crippen LogP contribution in [0.2, 0.25) is 0 Å². The summed E-state index contributed by atoms with van der Waals surface area (Å²) in [4.78, 5) is 42.0. The van der Waals surface area contributed by atoms with Gasteiger partial charge in [0, 0.05) is 17.6 Å². The Morgan fingerprint density at radius 3 is 2.25 bits per heavy atom. The van der Waals surface area contributed by atoms with Gasteiger partial charge in [0.25, 0.3) is 5.91 Å². The molecule has 0 saturated heterocycles. The molecule has 0 aliphatic carbocycles. The summed E-state index contributed by atoms with van der Waals surface area (Å²) in [6.07, 6.45) is 1.83. The van der Waals surface area contributed by atoms with Crippen molar-refractivity contribution in [3.8, 4) is 17.2 Å². The highest BCUT2D eigenvalue weighted by Gasteiger charge is 2.34. The van der Waals surface area contributed by atoms with Crippen molar-refractivity contribution in [1.82, 2.24) is 30.4 Å². The van der Waals surface area contributed by atoms with Gasteiger partial charge in [0.1, 0.15) is 12.4 Å². The zero-order valence-corrected chi connectivity index (χ0v) is 25.6. The number of esters is 1. The highest BCUT2D eigenvalue weighted by molar-refractivity contribution is 5.98. The normalized spacial score (nSPS) is 11.8. The number of carbonyl (C=O) groups is 3. The van der Waals surface area contributed by atoms with Crippen molar-refractivity contribution in [3.05, 3.63) is 95.3 Å². The summed E-state index contributed by atoms with van der Waals surface area (Å²) >= 11 is 0. The SMILES string of the molecule is COC(=O)c1ccc(C(C(=O)NC(C)(C)C)N(CCc2ccc(OC)c(OC)c2)C(=O)c2cccc(-n3cnnn3)c2)cc1. The molecule has 1 atom stereocenters. The van der Waals surface area contributed by atoms with Crippen molar-refractivity contribution in [3.63, 3.8) is 0 Å². The van der Waals surface area contributed by atoms with E-state index in [1.165, 1.54) is 23.0 Å². The first kappa shape index (κ1) is 31.7. The third-order valence-electron chi connectivity index (χ3n) is 6.76. The van der Waals surface area contributed by atoms with Gasteiger partial charge in [0.15, 0.2) is 11.5 Å². The van der Waals surface area contributed by atoms with Crippen LogP contribution in [0.25, 0.3) is 5.69 Å². The van der Waals surface area contributed by atoms with E-state index in [-0.39, 0.29) is 18.4 Å². The first-order valence-electron chi connectivity index (χ1n) is 13.9. The van der Waals surface area contributed by atoms with Crippen molar-refractivity contribution < 1.29 is 28.6 Å². The minimum Gasteiger partial charge on any atom is -0.493 e. The molecular weight excluding hydrogens is 564 g/mol. The number of hydrogen-bond donors (Lipinski definition) is 1. The number of nitrogens with one attached hydrogen (secondary N) is 1. The summed E-state index contributed by atoms with van der Waals surface area (Å²) < 4.78 is 17.1. The van der Waals surface area contributed by atoms with E-state index in [0.717, 1.165) is 5.56 Å².